The van der Waals surface area contributed by atoms with Crippen molar-refractivity contribution in [1.82, 2.24) is 0 Å². The van der Waals surface area contributed by atoms with E-state index in [4.69, 9.17) is 5.73 Å². The van der Waals surface area contributed by atoms with Crippen LogP contribution in [0.25, 0.3) is 0 Å². The van der Waals surface area contributed by atoms with Gasteiger partial charge in [0.2, 0.25) is 5.96 Å². The molecule has 0 fully saturated rings. The highest BCUT2D eigenvalue weighted by molar-refractivity contribution is 6.01. The molecule has 0 saturated heterocycles. The fraction of sp³-hybridized carbons (Fsp3) is 0.600. The largest absolute Gasteiger partial charge is 0.429 e. The third kappa shape index (κ3) is 1.92. The Morgan fingerprint density at radius 2 is 2.00 bits per heavy atom. The van der Waals surface area contributed by atoms with Crippen LogP contribution in [0, 0.1) is 0 Å². The molecule has 0 saturated carbocycles. The third-order valence-electron chi connectivity index (χ3n) is 1.20. The minimum Gasteiger partial charge on any atom is -0.368 e. The lowest BCUT2D eigenvalue weighted by molar-refractivity contribution is -0.0603. The Hall–Kier alpha value is -1.07. The molecule has 0 aromatic carbocycles. The molecule has 1 aliphatic heterocycles. The van der Waals surface area contributed by atoms with E-state index in [2.05, 4.69) is 9.98 Å². The Labute approximate surface area is 60.8 Å². The minimum atomic E-state index is -4.36. The molecule has 1 aliphatic rings. The molecule has 0 unspecified atom stereocenters. The summed E-state index contributed by atoms with van der Waals surface area (Å²) >= 11 is 0. The Morgan fingerprint density at radius 3 is 2.36 bits per heavy atom. The molecule has 0 radical (unpaired) electrons. The lowest BCUT2D eigenvalue weighted by Gasteiger charge is -2.11. The fourth-order valence-corrected chi connectivity index (χ4v) is 0.711. The molecular formula is C5H6F3N3. The van der Waals surface area contributed by atoms with Crippen molar-refractivity contribution in [1.29, 1.82) is 0 Å². The van der Waals surface area contributed by atoms with Crippen molar-refractivity contribution >= 4 is 11.7 Å². The molecule has 1 heterocycles. The Bertz CT molecular complexity index is 216. The highest BCUT2D eigenvalue weighted by Crippen LogP contribution is 2.20. The fourth-order valence-electron chi connectivity index (χ4n) is 0.711. The maximum Gasteiger partial charge on any atom is 0.429 e. The quantitative estimate of drug-likeness (QED) is 0.564. The van der Waals surface area contributed by atoms with Gasteiger partial charge in [0.15, 0.2) is 0 Å². The van der Waals surface area contributed by atoms with Crippen LogP contribution in [0.15, 0.2) is 9.98 Å². The molecular weight excluding hydrogens is 159 g/mol. The predicted molar refractivity (Wildman–Crippen MR) is 34.6 cm³/mol. The summed E-state index contributed by atoms with van der Waals surface area (Å²) < 4.78 is 35.6. The van der Waals surface area contributed by atoms with Gasteiger partial charge in [-0.05, 0) is 0 Å². The molecule has 0 bridgehead atoms. The van der Waals surface area contributed by atoms with Gasteiger partial charge >= 0.3 is 6.18 Å². The smallest absolute Gasteiger partial charge is 0.368 e. The molecule has 1 rings (SSSR count). The van der Waals surface area contributed by atoms with Gasteiger partial charge in [-0.1, -0.05) is 0 Å². The van der Waals surface area contributed by atoms with E-state index < -0.39 is 11.9 Å². The minimum absolute atomic E-state index is 0.0736. The van der Waals surface area contributed by atoms with Crippen molar-refractivity contribution in [3.63, 3.8) is 0 Å². The van der Waals surface area contributed by atoms with Gasteiger partial charge in [0.25, 0.3) is 0 Å². The first kappa shape index (κ1) is 8.03. The van der Waals surface area contributed by atoms with Crippen LogP contribution in [-0.2, 0) is 0 Å². The van der Waals surface area contributed by atoms with Gasteiger partial charge in [-0.2, -0.15) is 13.2 Å². The summed E-state index contributed by atoms with van der Waals surface area (Å²) in [5, 5.41) is 0. The lowest BCUT2D eigenvalue weighted by atomic mass is 10.2. The molecule has 3 nitrogen and oxygen atoms in total. The number of hydrogen-bond acceptors (Lipinski definition) is 3. The number of halogens is 3. The average Bonchev–Trinajstić information content (AvgIpc) is 1.86. The number of hydrogen-bond donors (Lipinski definition) is 1. The van der Waals surface area contributed by atoms with Crippen LogP contribution in [0.5, 0.6) is 0 Å². The first-order valence-corrected chi connectivity index (χ1v) is 2.95. The third-order valence-corrected chi connectivity index (χ3v) is 1.20. The molecule has 0 amide bonds. The van der Waals surface area contributed by atoms with Crippen LogP contribution in [0.2, 0.25) is 0 Å². The first-order valence-electron chi connectivity index (χ1n) is 2.95. The normalized spacial score (nSPS) is 19.2. The summed E-state index contributed by atoms with van der Waals surface area (Å²) in [5.74, 6) is -0.288. The van der Waals surface area contributed by atoms with E-state index in [1.54, 1.807) is 0 Å². The predicted octanol–water partition coefficient (Wildman–Crippen LogP) is 0.708. The molecule has 2 N–H and O–H groups in total. The summed E-state index contributed by atoms with van der Waals surface area (Å²) in [7, 11) is 0. The van der Waals surface area contributed by atoms with Crippen molar-refractivity contribution in [2.24, 2.45) is 15.7 Å². The topological polar surface area (TPSA) is 50.7 Å². The van der Waals surface area contributed by atoms with Crippen LogP contribution in [0.3, 0.4) is 0 Å². The van der Waals surface area contributed by atoms with Crippen LogP contribution < -0.4 is 5.73 Å². The van der Waals surface area contributed by atoms with Gasteiger partial charge in [-0.25, -0.2) is 4.99 Å². The highest BCUT2D eigenvalue weighted by atomic mass is 19.4. The molecule has 0 aromatic rings. The standard InChI is InChI=1S/C5H6F3N3/c6-5(7,8)3-1-2-10-4(9)11-3/h1-2H2,(H2,9,10). The van der Waals surface area contributed by atoms with Gasteiger partial charge in [0.1, 0.15) is 5.71 Å². The van der Waals surface area contributed by atoms with Crippen LogP contribution in [0.1, 0.15) is 6.42 Å². The van der Waals surface area contributed by atoms with Crippen molar-refractivity contribution in [3.8, 4) is 0 Å². The van der Waals surface area contributed by atoms with E-state index in [1.807, 2.05) is 0 Å². The Morgan fingerprint density at radius 1 is 1.36 bits per heavy atom. The maximum atomic E-state index is 11.9. The second-order valence-corrected chi connectivity index (χ2v) is 2.05. The molecule has 62 valence electrons. The van der Waals surface area contributed by atoms with Gasteiger partial charge in [0.05, 0.1) is 0 Å². The number of nitrogens with zero attached hydrogens (tertiary/aromatic N) is 2. The average molecular weight is 165 g/mol. The van der Waals surface area contributed by atoms with Crippen LogP contribution in [0.4, 0.5) is 13.2 Å². The van der Waals surface area contributed by atoms with E-state index in [9.17, 15) is 13.2 Å². The number of rotatable bonds is 0. The van der Waals surface area contributed by atoms with E-state index in [-0.39, 0.29) is 18.9 Å². The lowest BCUT2D eigenvalue weighted by Crippen LogP contribution is -2.29. The molecule has 0 spiro atoms. The summed E-state index contributed by atoms with van der Waals surface area (Å²) in [6.07, 6.45) is -4.54. The van der Waals surface area contributed by atoms with Crippen molar-refractivity contribution in [3.05, 3.63) is 0 Å². The number of guanidine groups is 1. The van der Waals surface area contributed by atoms with Gasteiger partial charge in [0, 0.05) is 13.0 Å². The second kappa shape index (κ2) is 2.52. The van der Waals surface area contributed by atoms with Gasteiger partial charge in [-0.15, -0.1) is 0 Å². The van der Waals surface area contributed by atoms with Gasteiger partial charge < -0.3 is 5.73 Å². The van der Waals surface area contributed by atoms with E-state index in [0.717, 1.165) is 0 Å². The monoisotopic (exact) mass is 165 g/mol. The van der Waals surface area contributed by atoms with Crippen molar-refractivity contribution < 1.29 is 13.2 Å². The zero-order valence-corrected chi connectivity index (χ0v) is 5.52. The van der Waals surface area contributed by atoms with Gasteiger partial charge in [-0.3, -0.25) is 4.99 Å². The number of aliphatic imine (C=N–C) groups is 2. The summed E-state index contributed by atoms with van der Waals surface area (Å²) in [6.45, 7) is 0.0736. The molecule has 6 heteroatoms. The number of alkyl halides is 3. The summed E-state index contributed by atoms with van der Waals surface area (Å²) in [5.41, 5.74) is 4.14. The SMILES string of the molecule is NC1=NCCC(C(F)(F)F)=N1. The van der Waals surface area contributed by atoms with Crippen LogP contribution in [-0.4, -0.2) is 24.4 Å². The molecule has 0 aromatic heterocycles. The maximum absolute atomic E-state index is 11.9. The number of nitrogens with two attached hydrogens (primary N) is 1. The van der Waals surface area contributed by atoms with E-state index in [0.29, 0.717) is 0 Å². The second-order valence-electron chi connectivity index (χ2n) is 2.05. The summed E-state index contributed by atoms with van der Waals surface area (Å²) in [6, 6.07) is 0. The highest BCUT2D eigenvalue weighted by Gasteiger charge is 2.36. The zero-order valence-electron chi connectivity index (χ0n) is 5.52. The Kier molecular flexibility index (Phi) is 1.84. The molecule has 0 aliphatic carbocycles. The van der Waals surface area contributed by atoms with E-state index >= 15 is 0 Å². The Balaban J connectivity index is 2.82. The zero-order chi connectivity index (χ0) is 8.48. The van der Waals surface area contributed by atoms with Crippen molar-refractivity contribution in [2.45, 2.75) is 12.6 Å². The summed E-state index contributed by atoms with van der Waals surface area (Å²) in [4.78, 5) is 6.57. The van der Waals surface area contributed by atoms with Crippen LogP contribution >= 0.6 is 0 Å². The van der Waals surface area contributed by atoms with Crippen molar-refractivity contribution in [2.75, 3.05) is 6.54 Å². The first-order chi connectivity index (χ1) is 5.00. The van der Waals surface area contributed by atoms with E-state index in [1.165, 1.54) is 0 Å². The molecule has 11 heavy (non-hydrogen) atoms. The molecule has 0 atom stereocenters.